The number of hydrogen-bond donors (Lipinski definition) is 1. The first-order valence-electron chi connectivity index (χ1n) is 8.05. The molecule has 0 aliphatic heterocycles. The van der Waals surface area contributed by atoms with E-state index in [1.165, 1.54) is 0 Å². The molecule has 24 heavy (non-hydrogen) atoms. The Hall–Kier alpha value is -2.75. The molecule has 0 radical (unpaired) electrons. The molecular weight excluding hydrogens is 302 g/mol. The fourth-order valence-corrected chi connectivity index (χ4v) is 2.63. The molecule has 4 nitrogen and oxygen atoms in total. The lowest BCUT2D eigenvalue weighted by molar-refractivity contribution is -0.120. The summed E-state index contributed by atoms with van der Waals surface area (Å²) < 4.78 is 11.2. The van der Waals surface area contributed by atoms with Gasteiger partial charge in [0.1, 0.15) is 17.9 Å². The summed E-state index contributed by atoms with van der Waals surface area (Å²) in [7, 11) is 0. The van der Waals surface area contributed by atoms with Crippen LogP contribution in [0.4, 0.5) is 0 Å². The van der Waals surface area contributed by atoms with Gasteiger partial charge in [0.15, 0.2) is 0 Å². The summed E-state index contributed by atoms with van der Waals surface area (Å²) in [6, 6.07) is 13.8. The SMILES string of the molecule is Cc1ccc2c(CC(=O)NCCOc3ccccc3C)coc2c1. The molecule has 3 aromatic rings. The molecule has 124 valence electrons. The van der Waals surface area contributed by atoms with E-state index in [4.69, 9.17) is 9.15 Å². The van der Waals surface area contributed by atoms with Gasteiger partial charge in [-0.05, 0) is 37.1 Å². The Bertz CT molecular complexity index is 851. The Balaban J connectivity index is 1.49. The number of carbonyl (C=O) groups excluding carboxylic acids is 1. The first kappa shape index (κ1) is 16.1. The molecule has 3 rings (SSSR count). The maximum Gasteiger partial charge on any atom is 0.224 e. The smallest absolute Gasteiger partial charge is 0.224 e. The lowest BCUT2D eigenvalue weighted by Crippen LogP contribution is -2.29. The molecular formula is C20H21NO3. The molecule has 0 saturated carbocycles. The van der Waals surface area contributed by atoms with E-state index in [2.05, 4.69) is 5.32 Å². The van der Waals surface area contributed by atoms with E-state index in [0.29, 0.717) is 19.6 Å². The Kier molecular flexibility index (Phi) is 4.85. The summed E-state index contributed by atoms with van der Waals surface area (Å²) in [5.41, 5.74) is 3.95. The van der Waals surface area contributed by atoms with E-state index in [0.717, 1.165) is 33.4 Å². The van der Waals surface area contributed by atoms with E-state index < -0.39 is 0 Å². The summed E-state index contributed by atoms with van der Waals surface area (Å²) in [5, 5.41) is 3.87. The number of hydrogen-bond acceptors (Lipinski definition) is 3. The number of amides is 1. The van der Waals surface area contributed by atoms with Crippen LogP contribution in [0, 0.1) is 13.8 Å². The van der Waals surface area contributed by atoms with Crippen LogP contribution >= 0.6 is 0 Å². The predicted molar refractivity (Wildman–Crippen MR) is 94.3 cm³/mol. The van der Waals surface area contributed by atoms with Crippen molar-refractivity contribution in [2.24, 2.45) is 0 Å². The molecule has 2 aromatic carbocycles. The van der Waals surface area contributed by atoms with Crippen LogP contribution in [-0.4, -0.2) is 19.1 Å². The summed E-state index contributed by atoms with van der Waals surface area (Å²) in [6.07, 6.45) is 1.97. The van der Waals surface area contributed by atoms with E-state index in [1.807, 2.05) is 56.3 Å². The number of nitrogens with one attached hydrogen (secondary N) is 1. The normalized spacial score (nSPS) is 10.8. The summed E-state index contributed by atoms with van der Waals surface area (Å²) in [4.78, 5) is 12.1. The molecule has 0 aliphatic carbocycles. The first-order valence-corrected chi connectivity index (χ1v) is 8.05. The molecule has 0 aliphatic rings. The molecule has 1 N–H and O–H groups in total. The first-order chi connectivity index (χ1) is 11.6. The van der Waals surface area contributed by atoms with E-state index in [1.54, 1.807) is 6.26 Å². The quantitative estimate of drug-likeness (QED) is 0.702. The van der Waals surface area contributed by atoms with Crippen molar-refractivity contribution in [1.29, 1.82) is 0 Å². The minimum absolute atomic E-state index is 0.0355. The maximum absolute atomic E-state index is 12.1. The number of rotatable bonds is 6. The van der Waals surface area contributed by atoms with Gasteiger partial charge in [0.2, 0.25) is 5.91 Å². The van der Waals surface area contributed by atoms with Gasteiger partial charge in [-0.2, -0.15) is 0 Å². The van der Waals surface area contributed by atoms with Gasteiger partial charge in [0, 0.05) is 10.9 Å². The minimum Gasteiger partial charge on any atom is -0.491 e. The van der Waals surface area contributed by atoms with E-state index >= 15 is 0 Å². The third kappa shape index (κ3) is 3.77. The molecule has 1 heterocycles. The van der Waals surface area contributed by atoms with Crippen molar-refractivity contribution in [2.75, 3.05) is 13.2 Å². The molecule has 1 amide bonds. The second-order valence-electron chi connectivity index (χ2n) is 5.90. The van der Waals surface area contributed by atoms with Crippen LogP contribution in [0.1, 0.15) is 16.7 Å². The van der Waals surface area contributed by atoms with Crippen molar-refractivity contribution in [1.82, 2.24) is 5.32 Å². The van der Waals surface area contributed by atoms with Crippen LogP contribution in [0.25, 0.3) is 11.0 Å². The van der Waals surface area contributed by atoms with Gasteiger partial charge in [-0.3, -0.25) is 4.79 Å². The number of benzene rings is 2. The predicted octanol–water partition coefficient (Wildman–Crippen LogP) is 3.79. The Morgan fingerprint density at radius 3 is 2.83 bits per heavy atom. The molecule has 0 spiro atoms. The van der Waals surface area contributed by atoms with E-state index in [9.17, 15) is 4.79 Å². The molecule has 4 heteroatoms. The van der Waals surface area contributed by atoms with Crippen LogP contribution in [0.3, 0.4) is 0 Å². The van der Waals surface area contributed by atoms with Crippen LogP contribution in [-0.2, 0) is 11.2 Å². The lowest BCUT2D eigenvalue weighted by atomic mass is 10.1. The van der Waals surface area contributed by atoms with Gasteiger partial charge in [-0.15, -0.1) is 0 Å². The molecule has 0 bridgehead atoms. The zero-order chi connectivity index (χ0) is 16.9. The standard InChI is InChI=1S/C20H21NO3/c1-14-7-8-17-16(13-24-19(17)11-14)12-20(22)21-9-10-23-18-6-4-3-5-15(18)2/h3-8,11,13H,9-10,12H2,1-2H3,(H,21,22). The molecule has 0 saturated heterocycles. The highest BCUT2D eigenvalue weighted by Crippen LogP contribution is 2.22. The zero-order valence-corrected chi connectivity index (χ0v) is 14.0. The number of para-hydroxylation sites is 1. The average Bonchev–Trinajstić information content (AvgIpc) is 2.95. The highest BCUT2D eigenvalue weighted by Gasteiger charge is 2.10. The Morgan fingerprint density at radius 1 is 1.17 bits per heavy atom. The van der Waals surface area contributed by atoms with Gasteiger partial charge in [0.05, 0.1) is 19.2 Å². The largest absolute Gasteiger partial charge is 0.491 e. The fraction of sp³-hybridized carbons (Fsp3) is 0.250. The van der Waals surface area contributed by atoms with Crippen LogP contribution in [0.5, 0.6) is 5.75 Å². The number of aryl methyl sites for hydroxylation is 2. The van der Waals surface area contributed by atoms with Crippen molar-refractivity contribution in [3.63, 3.8) is 0 Å². The molecule has 0 unspecified atom stereocenters. The number of furan rings is 1. The van der Waals surface area contributed by atoms with Crippen molar-refractivity contribution >= 4 is 16.9 Å². The van der Waals surface area contributed by atoms with Crippen molar-refractivity contribution in [3.05, 3.63) is 65.4 Å². The second kappa shape index (κ2) is 7.21. The van der Waals surface area contributed by atoms with Crippen molar-refractivity contribution in [3.8, 4) is 5.75 Å². The Labute approximate surface area is 141 Å². The molecule has 1 aromatic heterocycles. The number of fused-ring (bicyclic) bond motifs is 1. The van der Waals surface area contributed by atoms with Gasteiger partial charge in [0.25, 0.3) is 0 Å². The van der Waals surface area contributed by atoms with Crippen molar-refractivity contribution in [2.45, 2.75) is 20.3 Å². The maximum atomic E-state index is 12.1. The third-order valence-corrected chi connectivity index (χ3v) is 3.94. The highest BCUT2D eigenvalue weighted by atomic mass is 16.5. The second-order valence-corrected chi connectivity index (χ2v) is 5.90. The summed E-state index contributed by atoms with van der Waals surface area (Å²) >= 11 is 0. The monoisotopic (exact) mass is 323 g/mol. The van der Waals surface area contributed by atoms with E-state index in [-0.39, 0.29) is 5.91 Å². The van der Waals surface area contributed by atoms with Gasteiger partial charge in [-0.1, -0.05) is 30.3 Å². The highest BCUT2D eigenvalue weighted by molar-refractivity contribution is 5.87. The zero-order valence-electron chi connectivity index (χ0n) is 14.0. The third-order valence-electron chi connectivity index (χ3n) is 3.94. The number of carbonyl (C=O) groups is 1. The number of ether oxygens (including phenoxy) is 1. The van der Waals surface area contributed by atoms with Crippen LogP contribution in [0.15, 0.2) is 53.1 Å². The van der Waals surface area contributed by atoms with Gasteiger partial charge >= 0.3 is 0 Å². The Morgan fingerprint density at radius 2 is 2.00 bits per heavy atom. The van der Waals surface area contributed by atoms with Crippen molar-refractivity contribution < 1.29 is 13.9 Å². The molecule has 0 fully saturated rings. The van der Waals surface area contributed by atoms with Gasteiger partial charge in [-0.25, -0.2) is 0 Å². The van der Waals surface area contributed by atoms with Crippen LogP contribution in [0.2, 0.25) is 0 Å². The fourth-order valence-electron chi connectivity index (χ4n) is 2.63. The lowest BCUT2D eigenvalue weighted by Gasteiger charge is -2.09. The van der Waals surface area contributed by atoms with Crippen LogP contribution < -0.4 is 10.1 Å². The topological polar surface area (TPSA) is 51.5 Å². The van der Waals surface area contributed by atoms with Gasteiger partial charge < -0.3 is 14.5 Å². The average molecular weight is 323 g/mol. The summed E-state index contributed by atoms with van der Waals surface area (Å²) in [5.74, 6) is 0.814. The minimum atomic E-state index is -0.0355. The summed E-state index contributed by atoms with van der Waals surface area (Å²) in [6.45, 7) is 4.94. The molecule has 0 atom stereocenters.